The number of nitrogens with zero attached hydrogens (tertiary/aromatic N) is 5. The van der Waals surface area contributed by atoms with Crippen LogP contribution in [0.15, 0.2) is 48.7 Å². The molecule has 338 valence electrons. The average molecular weight is 863 g/mol. The number of nitrogens with one attached hydrogen (secondary N) is 3. The number of fused-ring (bicyclic) bond motifs is 1. The van der Waals surface area contributed by atoms with Crippen LogP contribution in [0.4, 0.5) is 0 Å². The molecule has 4 rings (SSSR count). The van der Waals surface area contributed by atoms with E-state index in [1.165, 1.54) is 68.0 Å². The number of benzene rings is 1. The van der Waals surface area contributed by atoms with Gasteiger partial charge in [0.2, 0.25) is 35.4 Å². The van der Waals surface area contributed by atoms with Gasteiger partial charge < -0.3 is 45.4 Å². The van der Waals surface area contributed by atoms with Gasteiger partial charge in [0.25, 0.3) is 5.91 Å². The fourth-order valence-corrected chi connectivity index (χ4v) is 7.82. The Labute approximate surface area is 363 Å². The normalized spacial score (nSPS) is 26.1. The molecule has 18 nitrogen and oxygen atoms in total. The van der Waals surface area contributed by atoms with Crippen LogP contribution in [0.25, 0.3) is 0 Å². The first-order valence-electron chi connectivity index (χ1n) is 21.0. The number of amides is 7. The van der Waals surface area contributed by atoms with Gasteiger partial charge in [-0.1, -0.05) is 65.0 Å². The summed E-state index contributed by atoms with van der Waals surface area (Å²) in [5.41, 5.74) is -0.0948. The largest absolute Gasteiger partial charge is 0.505 e. The molecule has 7 amide bonds. The number of hydrogen-bond donors (Lipinski definition) is 4. The van der Waals surface area contributed by atoms with E-state index < -0.39 is 114 Å². The van der Waals surface area contributed by atoms with Crippen molar-refractivity contribution >= 4 is 47.3 Å². The number of aromatic hydroxyl groups is 1. The quantitative estimate of drug-likeness (QED) is 0.293. The molecule has 1 aromatic heterocycles. The Hall–Kier alpha value is -6.07. The Kier molecular flexibility index (Phi) is 16.6. The lowest BCUT2D eigenvalue weighted by Crippen LogP contribution is -2.60. The van der Waals surface area contributed by atoms with Gasteiger partial charge in [0.1, 0.15) is 42.1 Å². The van der Waals surface area contributed by atoms with Crippen molar-refractivity contribution in [3.63, 3.8) is 0 Å². The minimum absolute atomic E-state index is 0.0904. The topological polar surface area (TPSA) is 228 Å². The van der Waals surface area contributed by atoms with Crippen molar-refractivity contribution in [3.05, 3.63) is 59.9 Å². The van der Waals surface area contributed by atoms with E-state index in [0.717, 1.165) is 4.90 Å². The Bertz CT molecular complexity index is 1980. The van der Waals surface area contributed by atoms with Gasteiger partial charge in [0, 0.05) is 33.9 Å². The molecule has 2 fully saturated rings. The summed E-state index contributed by atoms with van der Waals surface area (Å²) in [4.78, 5) is 122. The summed E-state index contributed by atoms with van der Waals surface area (Å²) < 4.78 is 5.93. The second-order valence-corrected chi connectivity index (χ2v) is 17.1. The highest BCUT2D eigenvalue weighted by Gasteiger charge is 2.43. The predicted molar refractivity (Wildman–Crippen MR) is 227 cm³/mol. The molecule has 1 aromatic carbocycles. The van der Waals surface area contributed by atoms with Crippen LogP contribution in [0.1, 0.15) is 89.8 Å². The van der Waals surface area contributed by atoms with Crippen molar-refractivity contribution in [1.82, 2.24) is 40.5 Å². The van der Waals surface area contributed by atoms with Gasteiger partial charge in [0.15, 0.2) is 11.7 Å². The highest BCUT2D eigenvalue weighted by molar-refractivity contribution is 6.00. The minimum atomic E-state index is -1.69. The molecule has 4 N–H and O–H groups in total. The maximum absolute atomic E-state index is 14.4. The van der Waals surface area contributed by atoms with E-state index in [1.54, 1.807) is 30.3 Å². The van der Waals surface area contributed by atoms with Gasteiger partial charge in [-0.05, 0) is 68.6 Å². The number of carbonyl (C=O) groups excluding carboxylic acids is 8. The summed E-state index contributed by atoms with van der Waals surface area (Å²) in [7, 11) is 4.26. The monoisotopic (exact) mass is 862 g/mol. The number of esters is 1. The number of aromatic nitrogens is 1. The number of likely N-dealkylation sites (N-methyl/N-ethyl adjacent to an activating group) is 3. The van der Waals surface area contributed by atoms with Gasteiger partial charge in [-0.3, -0.25) is 33.6 Å². The van der Waals surface area contributed by atoms with Crippen molar-refractivity contribution in [2.24, 2.45) is 17.8 Å². The molecular weight excluding hydrogens is 801 g/mol. The Morgan fingerprint density at radius 2 is 1.53 bits per heavy atom. The molecule has 18 heteroatoms. The first-order chi connectivity index (χ1) is 29.2. The molecule has 2 saturated heterocycles. The first-order valence-corrected chi connectivity index (χ1v) is 21.0. The molecule has 2 aromatic rings. The lowest BCUT2D eigenvalue weighted by molar-refractivity contribution is -0.161. The molecule has 0 saturated carbocycles. The van der Waals surface area contributed by atoms with Crippen molar-refractivity contribution in [1.29, 1.82) is 0 Å². The first kappa shape index (κ1) is 48.6. The predicted octanol–water partition coefficient (Wildman–Crippen LogP) is 1.63. The van der Waals surface area contributed by atoms with Crippen LogP contribution in [-0.4, -0.2) is 148 Å². The molecule has 2 aliphatic heterocycles. The van der Waals surface area contributed by atoms with Crippen LogP contribution in [0, 0.1) is 17.8 Å². The van der Waals surface area contributed by atoms with Gasteiger partial charge >= 0.3 is 5.97 Å². The average Bonchev–Trinajstić information content (AvgIpc) is 3.71. The number of cyclic esters (lactones) is 1. The molecule has 0 radical (unpaired) electrons. The molecule has 3 heterocycles. The smallest absolute Gasteiger partial charge is 0.333 e. The summed E-state index contributed by atoms with van der Waals surface area (Å²) in [6, 6.07) is 3.27. The molecule has 0 bridgehead atoms. The van der Waals surface area contributed by atoms with Gasteiger partial charge in [0.05, 0.1) is 6.54 Å². The number of rotatable bonds is 7. The van der Waals surface area contributed by atoms with E-state index in [0.29, 0.717) is 18.4 Å². The van der Waals surface area contributed by atoms with Gasteiger partial charge in [-0.25, -0.2) is 9.78 Å². The van der Waals surface area contributed by atoms with Crippen LogP contribution in [0.3, 0.4) is 0 Å². The highest BCUT2D eigenvalue weighted by atomic mass is 16.5. The summed E-state index contributed by atoms with van der Waals surface area (Å²) in [5.74, 6) is -7.01. The highest BCUT2D eigenvalue weighted by Crippen LogP contribution is 2.26. The van der Waals surface area contributed by atoms with Crippen LogP contribution >= 0.6 is 0 Å². The number of ether oxygens (including phenoxy) is 1. The van der Waals surface area contributed by atoms with Gasteiger partial charge in [-0.15, -0.1) is 0 Å². The molecule has 62 heavy (non-hydrogen) atoms. The van der Waals surface area contributed by atoms with E-state index in [1.807, 2.05) is 34.6 Å². The van der Waals surface area contributed by atoms with E-state index in [4.69, 9.17) is 4.74 Å². The Balaban J connectivity index is 1.84. The minimum Gasteiger partial charge on any atom is -0.505 e. The third-order valence-electron chi connectivity index (χ3n) is 11.7. The Morgan fingerprint density at radius 1 is 0.871 bits per heavy atom. The van der Waals surface area contributed by atoms with Crippen LogP contribution in [0.5, 0.6) is 5.75 Å². The maximum Gasteiger partial charge on any atom is 0.333 e. The molecular formula is C44H62N8O10. The fourth-order valence-electron chi connectivity index (χ4n) is 7.82. The van der Waals surface area contributed by atoms with Crippen LogP contribution < -0.4 is 16.0 Å². The second-order valence-electron chi connectivity index (χ2n) is 17.1. The molecule has 0 unspecified atom stereocenters. The fraction of sp³-hybridized carbons (Fsp3) is 0.568. The number of pyridine rings is 1. The lowest BCUT2D eigenvalue weighted by Gasteiger charge is -2.37. The number of hydrogen-bond acceptors (Lipinski definition) is 11. The van der Waals surface area contributed by atoms with E-state index in [-0.39, 0.29) is 24.8 Å². The second kappa shape index (κ2) is 21.1. The van der Waals surface area contributed by atoms with Gasteiger partial charge in [-0.2, -0.15) is 0 Å². The van der Waals surface area contributed by atoms with Crippen molar-refractivity contribution < 1.29 is 48.2 Å². The lowest BCUT2D eigenvalue weighted by atomic mass is 9.88. The summed E-state index contributed by atoms with van der Waals surface area (Å²) in [6.07, 6.45) is 0.679. The molecule has 2 aliphatic rings. The standard InChI is InChI=1S/C44H62N8O10/c1-24(2)22-30-42(59)52-21-15-18-31(52)43(60)49(8)23-33(54)50(9)36(26(5)25(3)4)40(57)46-27(6)41(58)51(10)37(29-16-12-11-13-17-29)44(61)62-28(7)34(38(55)47-30)48-39(56)35-32(53)19-14-20-45-35/h11-14,16-17,19-20,24-28,30-31,34,36-37,53H,15,18,21-23H2,1-10H3,(H,46,57)(H,47,55)(H,48,56)/t26-,27-,28-,30-,31-,34+,36-,37+/m0/s1. The van der Waals surface area contributed by atoms with Crippen LogP contribution in [0.2, 0.25) is 0 Å². The van der Waals surface area contributed by atoms with E-state index >= 15 is 0 Å². The Morgan fingerprint density at radius 3 is 2.15 bits per heavy atom. The SMILES string of the molecule is CC(C)C[C@@H]1NC(=O)[C@H](NC(=O)c2ncccc2O)[C@H](C)OC(=O)[C@@H](c2ccccc2)N(C)C(=O)[C@H](C)NC(=O)[C@H]([C@@H](C)C(C)C)N(C)C(=O)CN(C)C(=O)[C@@H]2CCCN2C1=O. The summed E-state index contributed by atoms with van der Waals surface area (Å²) in [5, 5.41) is 18.4. The summed E-state index contributed by atoms with van der Waals surface area (Å²) >= 11 is 0. The van der Waals surface area contributed by atoms with Crippen molar-refractivity contribution in [2.75, 3.05) is 34.2 Å². The maximum atomic E-state index is 14.4. The molecule has 8 atom stereocenters. The van der Waals surface area contributed by atoms with Crippen molar-refractivity contribution in [3.8, 4) is 5.75 Å². The van der Waals surface area contributed by atoms with Crippen molar-refractivity contribution in [2.45, 2.75) is 110 Å². The molecule has 0 aliphatic carbocycles. The zero-order valence-electron chi connectivity index (χ0n) is 37.3. The third-order valence-corrected chi connectivity index (χ3v) is 11.7. The van der Waals surface area contributed by atoms with E-state index in [9.17, 15) is 43.5 Å². The summed E-state index contributed by atoms with van der Waals surface area (Å²) in [6.45, 7) is 11.8. The van der Waals surface area contributed by atoms with E-state index in [2.05, 4.69) is 20.9 Å². The zero-order valence-corrected chi connectivity index (χ0v) is 37.3. The molecule has 0 spiro atoms. The number of carbonyl (C=O) groups is 8. The van der Waals surface area contributed by atoms with Crippen LogP contribution in [-0.2, 0) is 38.3 Å². The zero-order chi connectivity index (χ0) is 46.2. The third kappa shape index (κ3) is 11.4.